The number of anilines is 1. The predicted molar refractivity (Wildman–Crippen MR) is 92.7 cm³/mol. The van der Waals surface area contributed by atoms with Crippen LogP contribution in [0.1, 0.15) is 22.2 Å². The van der Waals surface area contributed by atoms with Crippen molar-refractivity contribution in [2.24, 2.45) is 0 Å². The molecule has 0 fully saturated rings. The van der Waals surface area contributed by atoms with Crippen LogP contribution in [0.2, 0.25) is 0 Å². The van der Waals surface area contributed by atoms with Gasteiger partial charge in [0.05, 0.1) is 0 Å². The van der Waals surface area contributed by atoms with Gasteiger partial charge in [0.1, 0.15) is 0 Å². The molecule has 0 aliphatic carbocycles. The molecule has 21 heavy (non-hydrogen) atoms. The molecular weight excluding hydrogens is 348 g/mol. The van der Waals surface area contributed by atoms with Crippen LogP contribution in [-0.2, 0) is 17.9 Å². The summed E-state index contributed by atoms with van der Waals surface area (Å²) in [4.78, 5) is 15.7. The molecule has 0 aliphatic rings. The highest BCUT2D eigenvalue weighted by Gasteiger charge is 2.08. The van der Waals surface area contributed by atoms with E-state index in [-0.39, 0.29) is 5.91 Å². The number of aryl methyl sites for hydroxylation is 1. The Labute approximate surface area is 138 Å². The molecule has 112 valence electrons. The normalized spacial score (nSPS) is 10.5. The topological polar surface area (TPSA) is 32.3 Å². The van der Waals surface area contributed by atoms with Crippen molar-refractivity contribution in [3.8, 4) is 0 Å². The van der Waals surface area contributed by atoms with Gasteiger partial charge in [-0.15, -0.1) is 11.3 Å². The van der Waals surface area contributed by atoms with E-state index in [1.165, 1.54) is 9.75 Å². The minimum atomic E-state index is 0.0719. The zero-order chi connectivity index (χ0) is 15.4. The van der Waals surface area contributed by atoms with Crippen LogP contribution in [0.15, 0.2) is 34.8 Å². The summed E-state index contributed by atoms with van der Waals surface area (Å²) in [6.07, 6.45) is 0. The first kappa shape index (κ1) is 16.0. The number of halogens is 1. The van der Waals surface area contributed by atoms with Gasteiger partial charge in [-0.2, -0.15) is 0 Å². The number of hydrogen-bond acceptors (Lipinski definition) is 3. The van der Waals surface area contributed by atoms with Gasteiger partial charge in [0.25, 0.3) is 0 Å². The van der Waals surface area contributed by atoms with Gasteiger partial charge < -0.3 is 10.2 Å². The highest BCUT2D eigenvalue weighted by atomic mass is 79.9. The van der Waals surface area contributed by atoms with Gasteiger partial charge in [0, 0.05) is 47.0 Å². The van der Waals surface area contributed by atoms with Crippen molar-refractivity contribution < 1.29 is 4.79 Å². The maximum atomic E-state index is 11.4. The van der Waals surface area contributed by atoms with E-state index in [1.807, 2.05) is 19.2 Å². The first-order valence-electron chi connectivity index (χ1n) is 6.75. The monoisotopic (exact) mass is 366 g/mol. The number of rotatable bonds is 5. The number of thiophene rings is 1. The first-order chi connectivity index (χ1) is 9.97. The minimum absolute atomic E-state index is 0.0719. The number of carbonyl (C=O) groups excluding carboxylic acids is 1. The van der Waals surface area contributed by atoms with Crippen LogP contribution in [0.4, 0.5) is 5.69 Å². The molecule has 1 amide bonds. The van der Waals surface area contributed by atoms with Crippen LogP contribution in [0.3, 0.4) is 0 Å². The fraction of sp³-hybridized carbons (Fsp3) is 0.312. The molecule has 3 nitrogen and oxygen atoms in total. The molecular formula is C16H19BrN2OS. The Morgan fingerprint density at radius 3 is 2.71 bits per heavy atom. The third kappa shape index (κ3) is 4.32. The Hall–Kier alpha value is -1.33. The number of benzene rings is 1. The molecule has 0 unspecified atom stereocenters. The highest BCUT2D eigenvalue weighted by Crippen LogP contribution is 2.27. The van der Waals surface area contributed by atoms with Crippen LogP contribution < -0.4 is 5.32 Å². The van der Waals surface area contributed by atoms with Crippen molar-refractivity contribution >= 4 is 38.9 Å². The molecule has 1 aromatic heterocycles. The van der Waals surface area contributed by atoms with Crippen molar-refractivity contribution in [2.45, 2.75) is 26.9 Å². The smallest absolute Gasteiger partial charge is 0.219 e. The third-order valence-electron chi connectivity index (χ3n) is 3.32. The van der Waals surface area contributed by atoms with E-state index in [9.17, 15) is 4.79 Å². The van der Waals surface area contributed by atoms with Crippen LogP contribution in [0.5, 0.6) is 0 Å². The maximum Gasteiger partial charge on any atom is 0.219 e. The average molecular weight is 367 g/mol. The standard InChI is InChI=1S/C16H19BrN2OS/c1-11-15(17)8-14(21-11)9-18-16-7-5-4-6-13(16)10-19(3)12(2)20/h4-8,18H,9-10H2,1-3H3. The van der Waals surface area contributed by atoms with Crippen LogP contribution in [0.25, 0.3) is 0 Å². The lowest BCUT2D eigenvalue weighted by molar-refractivity contribution is -0.128. The molecule has 0 radical (unpaired) electrons. The Bertz CT molecular complexity index is 619. The van der Waals surface area contributed by atoms with Gasteiger partial charge in [0.2, 0.25) is 5.91 Å². The first-order valence-corrected chi connectivity index (χ1v) is 8.36. The molecule has 0 saturated carbocycles. The molecule has 0 spiro atoms. The summed E-state index contributed by atoms with van der Waals surface area (Å²) in [5.41, 5.74) is 2.20. The van der Waals surface area contributed by atoms with Crippen LogP contribution in [0, 0.1) is 6.92 Å². The molecule has 2 aromatic rings. The summed E-state index contributed by atoms with van der Waals surface area (Å²) >= 11 is 5.33. The fourth-order valence-electron chi connectivity index (χ4n) is 1.98. The van der Waals surface area contributed by atoms with Gasteiger partial charge in [-0.3, -0.25) is 4.79 Å². The SMILES string of the molecule is CC(=O)N(C)Cc1ccccc1NCc1cc(Br)c(C)s1. The molecule has 1 heterocycles. The minimum Gasteiger partial charge on any atom is -0.380 e. The van der Waals surface area contributed by atoms with Gasteiger partial charge in [-0.05, 0) is 40.5 Å². The summed E-state index contributed by atoms with van der Waals surface area (Å²) in [5, 5.41) is 3.47. The van der Waals surface area contributed by atoms with Crippen LogP contribution in [-0.4, -0.2) is 17.9 Å². The number of amides is 1. The lowest BCUT2D eigenvalue weighted by atomic mass is 10.1. The molecule has 0 aliphatic heterocycles. The number of para-hydroxylation sites is 1. The maximum absolute atomic E-state index is 11.4. The average Bonchev–Trinajstić information content (AvgIpc) is 2.76. The van der Waals surface area contributed by atoms with E-state index >= 15 is 0 Å². The van der Waals surface area contributed by atoms with E-state index in [4.69, 9.17) is 0 Å². The van der Waals surface area contributed by atoms with Crippen molar-refractivity contribution in [1.82, 2.24) is 4.90 Å². The van der Waals surface area contributed by atoms with Gasteiger partial charge >= 0.3 is 0 Å². The molecule has 2 rings (SSSR count). The molecule has 0 saturated heterocycles. The zero-order valence-electron chi connectivity index (χ0n) is 12.4. The highest BCUT2D eigenvalue weighted by molar-refractivity contribution is 9.10. The lowest BCUT2D eigenvalue weighted by Gasteiger charge is -2.18. The second-order valence-corrected chi connectivity index (χ2v) is 7.20. The van der Waals surface area contributed by atoms with Crippen LogP contribution >= 0.6 is 27.3 Å². The molecule has 0 atom stereocenters. The molecule has 1 aromatic carbocycles. The van der Waals surface area contributed by atoms with E-state index in [0.29, 0.717) is 6.54 Å². The number of nitrogens with one attached hydrogen (secondary N) is 1. The van der Waals surface area contributed by atoms with E-state index in [2.05, 4.69) is 46.4 Å². The van der Waals surface area contributed by atoms with E-state index in [0.717, 1.165) is 22.3 Å². The lowest BCUT2D eigenvalue weighted by Crippen LogP contribution is -2.23. The summed E-state index contributed by atoms with van der Waals surface area (Å²) in [6.45, 7) is 5.10. The predicted octanol–water partition coefficient (Wildman–Crippen LogP) is 4.41. The van der Waals surface area contributed by atoms with Crippen molar-refractivity contribution in [1.29, 1.82) is 0 Å². The summed E-state index contributed by atoms with van der Waals surface area (Å²) in [7, 11) is 1.82. The molecule has 5 heteroatoms. The number of nitrogens with zero attached hydrogens (tertiary/aromatic N) is 1. The largest absolute Gasteiger partial charge is 0.380 e. The summed E-state index contributed by atoms with van der Waals surface area (Å²) in [6, 6.07) is 10.3. The van der Waals surface area contributed by atoms with E-state index in [1.54, 1.807) is 23.2 Å². The van der Waals surface area contributed by atoms with Gasteiger partial charge in [-0.25, -0.2) is 0 Å². The fourth-order valence-corrected chi connectivity index (χ4v) is 3.53. The number of hydrogen-bond donors (Lipinski definition) is 1. The van der Waals surface area contributed by atoms with E-state index < -0.39 is 0 Å². The van der Waals surface area contributed by atoms with Crippen molar-refractivity contribution in [3.63, 3.8) is 0 Å². The number of carbonyl (C=O) groups is 1. The second-order valence-electron chi connectivity index (χ2n) is 5.00. The third-order valence-corrected chi connectivity index (χ3v) is 5.46. The Kier molecular flexibility index (Phi) is 5.42. The molecule has 0 bridgehead atoms. The Morgan fingerprint density at radius 2 is 2.10 bits per heavy atom. The summed E-state index contributed by atoms with van der Waals surface area (Å²) in [5.74, 6) is 0.0719. The Morgan fingerprint density at radius 1 is 1.38 bits per heavy atom. The van der Waals surface area contributed by atoms with Crippen molar-refractivity contribution in [2.75, 3.05) is 12.4 Å². The second kappa shape index (κ2) is 7.09. The summed E-state index contributed by atoms with van der Waals surface area (Å²) < 4.78 is 1.16. The van der Waals surface area contributed by atoms with Gasteiger partial charge in [-0.1, -0.05) is 18.2 Å². The Balaban J connectivity index is 2.07. The van der Waals surface area contributed by atoms with Crippen molar-refractivity contribution in [3.05, 3.63) is 50.1 Å². The quantitative estimate of drug-likeness (QED) is 0.849. The van der Waals surface area contributed by atoms with Gasteiger partial charge in [0.15, 0.2) is 0 Å². The molecule has 1 N–H and O–H groups in total. The zero-order valence-corrected chi connectivity index (χ0v) is 14.8.